The Hall–Kier alpha value is -1.53. The molecule has 0 bridgehead atoms. The smallest absolute Gasteiger partial charge is 0.166 e. The van der Waals surface area contributed by atoms with Crippen LogP contribution in [0.2, 0.25) is 0 Å². The molecule has 0 atom stereocenters. The number of nitrogens with zero attached hydrogens (tertiary/aromatic N) is 2. The summed E-state index contributed by atoms with van der Waals surface area (Å²) >= 11 is 3.42. The van der Waals surface area contributed by atoms with Gasteiger partial charge < -0.3 is 10.7 Å². The van der Waals surface area contributed by atoms with E-state index in [1.54, 1.807) is 23.1 Å². The standard InChI is InChI=1S/C13H14N4S2/c1-7-8(2)19-12(15-7)6-18-13-16-10-4-3-9(14)5-11(10)17-13/h3-5H,6,14H2,1-2H3,(H,16,17). The molecule has 3 aromatic rings. The summed E-state index contributed by atoms with van der Waals surface area (Å²) < 4.78 is 0. The van der Waals surface area contributed by atoms with E-state index in [2.05, 4.69) is 21.9 Å². The van der Waals surface area contributed by atoms with Gasteiger partial charge in [0.1, 0.15) is 5.01 Å². The van der Waals surface area contributed by atoms with Crippen LogP contribution in [0.3, 0.4) is 0 Å². The highest BCUT2D eigenvalue weighted by Crippen LogP contribution is 2.26. The highest BCUT2D eigenvalue weighted by Gasteiger charge is 2.07. The third kappa shape index (κ3) is 2.59. The minimum atomic E-state index is 0.749. The quantitative estimate of drug-likeness (QED) is 0.572. The van der Waals surface area contributed by atoms with Gasteiger partial charge in [0.05, 0.1) is 22.5 Å². The summed E-state index contributed by atoms with van der Waals surface area (Å²) in [5.74, 6) is 0.842. The van der Waals surface area contributed by atoms with E-state index in [0.29, 0.717) is 0 Å². The monoisotopic (exact) mass is 290 g/mol. The van der Waals surface area contributed by atoms with Crippen molar-refractivity contribution in [1.82, 2.24) is 15.0 Å². The molecule has 2 heterocycles. The number of benzene rings is 1. The van der Waals surface area contributed by atoms with E-state index in [4.69, 9.17) is 5.73 Å². The average molecular weight is 290 g/mol. The Balaban J connectivity index is 1.78. The molecule has 6 heteroatoms. The van der Waals surface area contributed by atoms with Crippen LogP contribution in [-0.2, 0) is 5.75 Å². The number of hydrogen-bond acceptors (Lipinski definition) is 5. The molecule has 0 aliphatic carbocycles. The number of nitrogens with two attached hydrogens (primary N) is 1. The summed E-state index contributed by atoms with van der Waals surface area (Å²) in [4.78, 5) is 13.6. The lowest BCUT2D eigenvalue weighted by Gasteiger charge is -1.92. The molecule has 3 rings (SSSR count). The molecule has 0 aliphatic rings. The Kier molecular flexibility index (Phi) is 3.20. The lowest BCUT2D eigenvalue weighted by Crippen LogP contribution is -1.82. The van der Waals surface area contributed by atoms with Gasteiger partial charge in [-0.3, -0.25) is 0 Å². The van der Waals surface area contributed by atoms with Gasteiger partial charge in [0.25, 0.3) is 0 Å². The number of thioether (sulfide) groups is 1. The van der Waals surface area contributed by atoms with Gasteiger partial charge >= 0.3 is 0 Å². The zero-order valence-corrected chi connectivity index (χ0v) is 12.4. The largest absolute Gasteiger partial charge is 0.399 e. The predicted molar refractivity (Wildman–Crippen MR) is 81.7 cm³/mol. The van der Waals surface area contributed by atoms with Crippen LogP contribution in [0.1, 0.15) is 15.6 Å². The number of imidazole rings is 1. The van der Waals surface area contributed by atoms with E-state index in [-0.39, 0.29) is 0 Å². The van der Waals surface area contributed by atoms with Crippen molar-refractivity contribution in [2.24, 2.45) is 0 Å². The minimum Gasteiger partial charge on any atom is -0.399 e. The molecule has 0 fully saturated rings. The minimum absolute atomic E-state index is 0.749. The summed E-state index contributed by atoms with van der Waals surface area (Å²) in [6, 6.07) is 5.71. The third-order valence-corrected chi connectivity index (χ3v) is 5.03. The van der Waals surface area contributed by atoms with E-state index in [1.165, 1.54) is 4.88 Å². The fraction of sp³-hybridized carbons (Fsp3) is 0.231. The van der Waals surface area contributed by atoms with Crippen LogP contribution in [0, 0.1) is 13.8 Å². The van der Waals surface area contributed by atoms with E-state index in [0.717, 1.165) is 38.3 Å². The maximum atomic E-state index is 5.75. The first-order valence-corrected chi connectivity index (χ1v) is 7.73. The van der Waals surface area contributed by atoms with Crippen LogP contribution in [0.5, 0.6) is 0 Å². The summed E-state index contributed by atoms with van der Waals surface area (Å²) in [7, 11) is 0. The van der Waals surface area contributed by atoms with E-state index in [9.17, 15) is 0 Å². The number of fused-ring (bicyclic) bond motifs is 1. The molecule has 0 radical (unpaired) electrons. The molecule has 19 heavy (non-hydrogen) atoms. The van der Waals surface area contributed by atoms with Crippen LogP contribution in [-0.4, -0.2) is 15.0 Å². The summed E-state index contributed by atoms with van der Waals surface area (Å²) in [6.45, 7) is 4.15. The van der Waals surface area contributed by atoms with Crippen molar-refractivity contribution in [2.45, 2.75) is 24.8 Å². The van der Waals surface area contributed by atoms with Gasteiger partial charge in [-0.05, 0) is 32.0 Å². The third-order valence-electron chi connectivity index (χ3n) is 2.89. The normalized spacial score (nSPS) is 11.3. The molecular formula is C13H14N4S2. The fourth-order valence-corrected chi connectivity index (χ4v) is 3.61. The SMILES string of the molecule is Cc1nc(CSc2nc3ccc(N)cc3[nH]2)sc1C. The van der Waals surface area contributed by atoms with Crippen LogP contribution in [0.25, 0.3) is 11.0 Å². The van der Waals surface area contributed by atoms with Crippen molar-refractivity contribution in [1.29, 1.82) is 0 Å². The fourth-order valence-electron chi connectivity index (χ4n) is 1.80. The first kappa shape index (κ1) is 12.5. The van der Waals surface area contributed by atoms with Gasteiger partial charge in [0, 0.05) is 10.6 Å². The van der Waals surface area contributed by atoms with Gasteiger partial charge in [0.2, 0.25) is 0 Å². The number of H-pyrrole nitrogens is 1. The Labute approximate surface area is 119 Å². The Bertz CT molecular complexity index is 710. The second kappa shape index (κ2) is 4.86. The number of aryl methyl sites for hydroxylation is 2. The number of nitrogen functional groups attached to an aromatic ring is 1. The molecule has 0 aliphatic heterocycles. The lowest BCUT2D eigenvalue weighted by molar-refractivity contribution is 1.07. The van der Waals surface area contributed by atoms with E-state index < -0.39 is 0 Å². The van der Waals surface area contributed by atoms with Crippen LogP contribution in [0.4, 0.5) is 5.69 Å². The Morgan fingerprint density at radius 2 is 2.16 bits per heavy atom. The molecule has 2 aromatic heterocycles. The lowest BCUT2D eigenvalue weighted by atomic mass is 10.3. The molecule has 4 nitrogen and oxygen atoms in total. The highest BCUT2D eigenvalue weighted by atomic mass is 32.2. The van der Waals surface area contributed by atoms with Crippen LogP contribution < -0.4 is 5.73 Å². The van der Waals surface area contributed by atoms with Gasteiger partial charge in [-0.1, -0.05) is 11.8 Å². The van der Waals surface area contributed by atoms with Crippen molar-refractivity contribution in [3.8, 4) is 0 Å². The number of thiazole rings is 1. The number of aromatic amines is 1. The molecular weight excluding hydrogens is 276 g/mol. The number of aromatic nitrogens is 3. The molecule has 0 unspecified atom stereocenters. The predicted octanol–water partition coefficient (Wildman–Crippen LogP) is 3.51. The van der Waals surface area contributed by atoms with Crippen LogP contribution >= 0.6 is 23.1 Å². The summed E-state index contributed by atoms with van der Waals surface area (Å²) in [5.41, 5.74) is 9.55. The molecule has 0 spiro atoms. The van der Waals surface area contributed by atoms with E-state index >= 15 is 0 Å². The zero-order chi connectivity index (χ0) is 13.4. The summed E-state index contributed by atoms with van der Waals surface area (Å²) in [6.07, 6.45) is 0. The molecule has 1 aromatic carbocycles. The molecule has 0 saturated heterocycles. The second-order valence-electron chi connectivity index (χ2n) is 4.36. The van der Waals surface area contributed by atoms with Crippen molar-refractivity contribution in [2.75, 3.05) is 5.73 Å². The Morgan fingerprint density at radius 1 is 1.32 bits per heavy atom. The second-order valence-corrected chi connectivity index (χ2v) is 6.61. The number of rotatable bonds is 3. The zero-order valence-electron chi connectivity index (χ0n) is 10.7. The summed E-state index contributed by atoms with van der Waals surface area (Å²) in [5, 5.41) is 2.05. The number of hydrogen-bond donors (Lipinski definition) is 2. The maximum absolute atomic E-state index is 5.75. The van der Waals surface area contributed by atoms with Gasteiger partial charge in [-0.2, -0.15) is 0 Å². The maximum Gasteiger partial charge on any atom is 0.166 e. The molecule has 0 amide bonds. The Morgan fingerprint density at radius 3 is 2.89 bits per heavy atom. The first-order chi connectivity index (χ1) is 9.11. The van der Waals surface area contributed by atoms with E-state index in [1.807, 2.05) is 25.1 Å². The van der Waals surface area contributed by atoms with Crippen molar-refractivity contribution >= 4 is 39.8 Å². The molecule has 3 N–H and O–H groups in total. The van der Waals surface area contributed by atoms with Crippen molar-refractivity contribution in [3.05, 3.63) is 33.8 Å². The molecule has 98 valence electrons. The molecule has 0 saturated carbocycles. The van der Waals surface area contributed by atoms with Crippen molar-refractivity contribution < 1.29 is 0 Å². The van der Waals surface area contributed by atoms with Gasteiger partial charge in [-0.15, -0.1) is 11.3 Å². The van der Waals surface area contributed by atoms with Gasteiger partial charge in [0.15, 0.2) is 5.16 Å². The van der Waals surface area contributed by atoms with Crippen molar-refractivity contribution in [3.63, 3.8) is 0 Å². The van der Waals surface area contributed by atoms with Gasteiger partial charge in [-0.25, -0.2) is 9.97 Å². The highest BCUT2D eigenvalue weighted by molar-refractivity contribution is 7.98. The number of anilines is 1. The number of nitrogens with one attached hydrogen (secondary N) is 1. The average Bonchev–Trinajstić information content (AvgIpc) is 2.90. The first-order valence-electron chi connectivity index (χ1n) is 5.93. The topological polar surface area (TPSA) is 67.6 Å². The van der Waals surface area contributed by atoms with Crippen LogP contribution in [0.15, 0.2) is 23.4 Å².